The highest BCUT2D eigenvalue weighted by atomic mass is 16.5. The molecule has 0 radical (unpaired) electrons. The van der Waals surface area contributed by atoms with Crippen molar-refractivity contribution >= 4 is 39.9 Å². The molecule has 2 aliphatic carbocycles. The van der Waals surface area contributed by atoms with Crippen LogP contribution in [0.1, 0.15) is 43.0 Å². The highest BCUT2D eigenvalue weighted by Gasteiger charge is 2.46. The van der Waals surface area contributed by atoms with Crippen LogP contribution in [0, 0.1) is 17.8 Å². The van der Waals surface area contributed by atoms with Crippen LogP contribution in [0.25, 0.3) is 44.8 Å². The Labute approximate surface area is 266 Å². The number of fused-ring (bicyclic) bond motifs is 4. The highest BCUT2D eigenvalue weighted by molar-refractivity contribution is 6.00. The lowest BCUT2D eigenvalue weighted by atomic mass is 10.0. The topological polar surface area (TPSA) is 116 Å². The lowest BCUT2D eigenvalue weighted by Crippen LogP contribution is -2.38. The predicted molar refractivity (Wildman–Crippen MR) is 175 cm³/mol. The van der Waals surface area contributed by atoms with Crippen molar-refractivity contribution in [2.75, 3.05) is 26.1 Å². The molecule has 46 heavy (non-hydrogen) atoms. The molecule has 11 heteroatoms. The minimum Gasteiger partial charge on any atom is -0.494 e. The van der Waals surface area contributed by atoms with E-state index in [1.54, 1.807) is 19.4 Å². The molecule has 1 aromatic carbocycles. The summed E-state index contributed by atoms with van der Waals surface area (Å²) in [4.78, 5) is 42.1. The molecule has 5 aromatic rings. The third-order valence-corrected chi connectivity index (χ3v) is 10.3. The first kappa shape index (κ1) is 28.5. The molecular formula is C35H37N7O4. The molecule has 5 heterocycles. The molecule has 2 unspecified atom stereocenters. The average molecular weight is 620 g/mol. The number of benzene rings is 1. The van der Waals surface area contributed by atoms with Gasteiger partial charge in [-0.05, 0) is 85.9 Å². The van der Waals surface area contributed by atoms with Crippen LogP contribution in [-0.2, 0) is 18.3 Å². The third-order valence-electron chi connectivity index (χ3n) is 10.3. The molecule has 3 fully saturated rings. The number of anilines is 1. The summed E-state index contributed by atoms with van der Waals surface area (Å²) < 4.78 is 14.9. The van der Waals surface area contributed by atoms with Crippen molar-refractivity contribution in [3.05, 3.63) is 54.2 Å². The summed E-state index contributed by atoms with van der Waals surface area (Å²) in [5, 5.41) is 3.63. The molecule has 236 valence electrons. The van der Waals surface area contributed by atoms with Gasteiger partial charge in [-0.15, -0.1) is 0 Å². The average Bonchev–Trinajstić information content (AvgIpc) is 3.47. The normalized spacial score (nSPS) is 20.5. The Morgan fingerprint density at radius 2 is 1.87 bits per heavy atom. The molecule has 2 bridgehead atoms. The summed E-state index contributed by atoms with van der Waals surface area (Å²) in [5.74, 6) is 3.62. The zero-order chi connectivity index (χ0) is 31.7. The number of aromatic nitrogens is 5. The number of likely N-dealkylation sites (tertiary alicyclic amines) is 1. The molecule has 8 rings (SSSR count). The smallest absolute Gasteiger partial charge is 0.412 e. The van der Waals surface area contributed by atoms with Crippen molar-refractivity contribution in [1.82, 2.24) is 29.0 Å². The van der Waals surface area contributed by atoms with Gasteiger partial charge >= 0.3 is 6.09 Å². The van der Waals surface area contributed by atoms with Crippen molar-refractivity contribution < 1.29 is 19.1 Å². The van der Waals surface area contributed by atoms with Crippen LogP contribution in [0.4, 0.5) is 10.6 Å². The van der Waals surface area contributed by atoms with Crippen molar-refractivity contribution in [3.63, 3.8) is 0 Å². The number of nitrogens with zero attached hydrogens (tertiary/aromatic N) is 6. The van der Waals surface area contributed by atoms with Crippen LogP contribution in [0.15, 0.2) is 48.7 Å². The molecule has 3 aliphatic rings. The van der Waals surface area contributed by atoms with Gasteiger partial charge in [0.2, 0.25) is 0 Å². The molecular weight excluding hydrogens is 582 g/mol. The largest absolute Gasteiger partial charge is 0.494 e. The molecule has 1 N–H and O–H groups in total. The Bertz CT molecular complexity index is 2030. The summed E-state index contributed by atoms with van der Waals surface area (Å²) in [6.45, 7) is 3.94. The van der Waals surface area contributed by atoms with E-state index in [2.05, 4.69) is 43.4 Å². The fourth-order valence-corrected chi connectivity index (χ4v) is 7.56. The van der Waals surface area contributed by atoms with E-state index in [9.17, 15) is 9.59 Å². The van der Waals surface area contributed by atoms with E-state index in [0.29, 0.717) is 40.9 Å². The molecule has 1 saturated heterocycles. The van der Waals surface area contributed by atoms with E-state index in [4.69, 9.17) is 19.4 Å². The second kappa shape index (κ2) is 10.9. The number of hydrogen-bond donors (Lipinski definition) is 1. The van der Waals surface area contributed by atoms with Gasteiger partial charge in [-0.25, -0.2) is 19.7 Å². The predicted octanol–water partition coefficient (Wildman–Crippen LogP) is 6.12. The minimum atomic E-state index is -0.579. The molecule has 1 aliphatic heterocycles. The maximum atomic E-state index is 13.8. The standard InChI is InChI=1S/C35H37N7O4/c1-19-23-8-10-27(19)42(18-23)34(43)24-13-26-31(29(15-24)45-3)40(2)33(38-26)28-14-22-7-9-25(37-32(22)41(28)17-20-5-6-20)21-11-12-36-30(16-21)39-35(44)46-4/h7,9,11-16,19-20,23,27H,5-6,8,10,17-18H2,1-4H3,(H,36,39,44)/t19-,23?,27?/m1/s1. The molecule has 11 nitrogen and oxygen atoms in total. The van der Waals surface area contributed by atoms with Gasteiger partial charge in [0.15, 0.2) is 5.82 Å². The van der Waals surface area contributed by atoms with Gasteiger partial charge in [0, 0.05) is 48.9 Å². The van der Waals surface area contributed by atoms with Gasteiger partial charge in [0.25, 0.3) is 5.91 Å². The first-order valence-corrected chi connectivity index (χ1v) is 16.0. The summed E-state index contributed by atoms with van der Waals surface area (Å²) in [5.41, 5.74) is 5.64. The summed E-state index contributed by atoms with van der Waals surface area (Å²) in [6.07, 6.45) is 5.72. The molecule has 0 spiro atoms. The number of imidazole rings is 1. The zero-order valence-electron chi connectivity index (χ0n) is 26.5. The lowest BCUT2D eigenvalue weighted by molar-refractivity contribution is 0.0696. The first-order valence-electron chi connectivity index (χ1n) is 16.0. The molecule has 2 amide bonds. The Hall–Kier alpha value is -4.93. The number of carbonyl (C=O) groups excluding carboxylic acids is 2. The van der Waals surface area contributed by atoms with Crippen LogP contribution in [0.5, 0.6) is 5.75 Å². The Morgan fingerprint density at radius 3 is 2.59 bits per heavy atom. The van der Waals surface area contributed by atoms with Crippen LogP contribution < -0.4 is 10.1 Å². The van der Waals surface area contributed by atoms with Crippen LogP contribution >= 0.6 is 0 Å². The van der Waals surface area contributed by atoms with Gasteiger partial charge in [-0.2, -0.15) is 0 Å². The molecule has 3 atom stereocenters. The fourth-order valence-electron chi connectivity index (χ4n) is 7.56. The van der Waals surface area contributed by atoms with Crippen molar-refractivity contribution in [2.24, 2.45) is 24.8 Å². The highest BCUT2D eigenvalue weighted by Crippen LogP contribution is 2.44. The van der Waals surface area contributed by atoms with Gasteiger partial charge in [-0.1, -0.05) is 6.92 Å². The van der Waals surface area contributed by atoms with E-state index in [1.165, 1.54) is 26.4 Å². The minimum absolute atomic E-state index is 0.0621. The quantitative estimate of drug-likeness (QED) is 0.233. The van der Waals surface area contributed by atoms with Crippen LogP contribution in [0.3, 0.4) is 0 Å². The lowest BCUT2D eigenvalue weighted by Gasteiger charge is -2.27. The van der Waals surface area contributed by atoms with E-state index < -0.39 is 6.09 Å². The fraction of sp³-hybridized carbons (Fsp3) is 0.400. The Balaban J connectivity index is 1.21. The van der Waals surface area contributed by atoms with Crippen molar-refractivity contribution in [2.45, 2.75) is 45.2 Å². The van der Waals surface area contributed by atoms with Crippen LogP contribution in [0.2, 0.25) is 0 Å². The van der Waals surface area contributed by atoms with E-state index in [-0.39, 0.29) is 5.91 Å². The molecule has 4 aromatic heterocycles. The maximum Gasteiger partial charge on any atom is 0.412 e. The number of methoxy groups -OCH3 is 2. The van der Waals surface area contributed by atoms with E-state index >= 15 is 0 Å². The van der Waals surface area contributed by atoms with Gasteiger partial charge in [0.05, 0.1) is 31.1 Å². The number of amides is 2. The molecule has 2 saturated carbocycles. The number of piperidine rings is 1. The first-order chi connectivity index (χ1) is 22.3. The number of hydrogen-bond acceptors (Lipinski definition) is 7. The number of rotatable bonds is 7. The number of pyridine rings is 2. The monoisotopic (exact) mass is 619 g/mol. The number of ether oxygens (including phenoxy) is 2. The summed E-state index contributed by atoms with van der Waals surface area (Å²) >= 11 is 0. The van der Waals surface area contributed by atoms with Crippen molar-refractivity contribution in [1.29, 1.82) is 0 Å². The van der Waals surface area contributed by atoms with Gasteiger partial charge in [-0.3, -0.25) is 10.1 Å². The SMILES string of the molecule is COC(=O)Nc1cc(-c2ccc3cc(-c4nc5cc(C(=O)N6CC7CCC6[C@@H]7C)cc(OC)c5n4C)n(CC4CC4)c3n2)ccn1. The van der Waals surface area contributed by atoms with Crippen LogP contribution in [-0.4, -0.2) is 67.8 Å². The van der Waals surface area contributed by atoms with Gasteiger partial charge in [0.1, 0.15) is 22.7 Å². The summed E-state index contributed by atoms with van der Waals surface area (Å²) in [6, 6.07) is 14.0. The van der Waals surface area contributed by atoms with E-state index in [0.717, 1.165) is 64.4 Å². The van der Waals surface area contributed by atoms with Crippen molar-refractivity contribution in [3.8, 4) is 28.5 Å². The Kier molecular flexibility index (Phi) is 6.73. The Morgan fingerprint density at radius 1 is 1.02 bits per heavy atom. The number of nitrogens with one attached hydrogen (secondary N) is 1. The number of aryl methyl sites for hydroxylation is 1. The van der Waals surface area contributed by atoms with Gasteiger partial charge < -0.3 is 23.5 Å². The maximum absolute atomic E-state index is 13.8. The number of carbonyl (C=O) groups is 2. The van der Waals surface area contributed by atoms with E-state index in [1.807, 2.05) is 31.3 Å². The second-order valence-electron chi connectivity index (χ2n) is 13.0. The third kappa shape index (κ3) is 4.67. The second-order valence-corrected chi connectivity index (χ2v) is 13.0. The summed E-state index contributed by atoms with van der Waals surface area (Å²) in [7, 11) is 4.97. The zero-order valence-corrected chi connectivity index (χ0v) is 26.5.